The van der Waals surface area contributed by atoms with E-state index < -0.39 is 10.0 Å². The summed E-state index contributed by atoms with van der Waals surface area (Å²) in [5, 5.41) is 0.187. The molecule has 0 aliphatic carbocycles. The second-order valence-electron chi connectivity index (χ2n) is 3.94. The average Bonchev–Trinajstić information content (AvgIpc) is 2.65. The van der Waals surface area contributed by atoms with E-state index >= 15 is 0 Å². The first kappa shape index (κ1) is 12.1. The maximum absolute atomic E-state index is 12.2. The molecule has 1 N–H and O–H groups in total. The van der Waals surface area contributed by atoms with E-state index in [0.717, 1.165) is 12.8 Å². The predicted octanol–water partition coefficient (Wildman–Crippen LogP) is 1.27. The fourth-order valence-electron chi connectivity index (χ4n) is 1.78. The highest BCUT2D eigenvalue weighted by molar-refractivity contribution is 9.09. The van der Waals surface area contributed by atoms with E-state index in [1.165, 1.54) is 10.5 Å². The summed E-state index contributed by atoms with van der Waals surface area (Å²) in [4.78, 5) is 6.95. The summed E-state index contributed by atoms with van der Waals surface area (Å²) in [6, 6.07) is 0. The number of halogens is 1. The van der Waals surface area contributed by atoms with Crippen LogP contribution in [0, 0.1) is 6.92 Å². The number of alkyl halides is 1. The Morgan fingerprint density at radius 2 is 2.38 bits per heavy atom. The number of nitrogens with zero attached hydrogens (tertiary/aromatic N) is 2. The molecule has 0 bridgehead atoms. The summed E-state index contributed by atoms with van der Waals surface area (Å²) in [5.74, 6) is 0.617. The summed E-state index contributed by atoms with van der Waals surface area (Å²) in [6.07, 6.45) is 3.29. The molecule has 1 atom stereocenters. The van der Waals surface area contributed by atoms with Crippen LogP contribution in [0.2, 0.25) is 0 Å². The fourth-order valence-corrected chi connectivity index (χ4v) is 4.13. The maximum Gasteiger partial charge on any atom is 0.260 e. The molecule has 0 amide bonds. The summed E-state index contributed by atoms with van der Waals surface area (Å²) < 4.78 is 25.9. The molecule has 1 fully saturated rings. The summed E-state index contributed by atoms with van der Waals surface area (Å²) in [5.41, 5.74) is 0. The monoisotopic (exact) mass is 307 g/mol. The Bertz CT molecular complexity index is 471. The molecule has 1 aromatic heterocycles. The van der Waals surface area contributed by atoms with Gasteiger partial charge >= 0.3 is 0 Å². The molecule has 1 aliphatic heterocycles. The molecule has 0 saturated carbocycles. The van der Waals surface area contributed by atoms with Crippen LogP contribution in [0.15, 0.2) is 11.2 Å². The van der Waals surface area contributed by atoms with Gasteiger partial charge in [0.15, 0.2) is 5.03 Å². The van der Waals surface area contributed by atoms with Gasteiger partial charge in [0.2, 0.25) is 0 Å². The lowest BCUT2D eigenvalue weighted by Gasteiger charge is -2.28. The van der Waals surface area contributed by atoms with Crippen molar-refractivity contribution in [1.29, 1.82) is 0 Å². The largest absolute Gasteiger partial charge is 0.332 e. The normalized spacial score (nSPS) is 23.5. The van der Waals surface area contributed by atoms with E-state index in [4.69, 9.17) is 0 Å². The lowest BCUT2D eigenvalue weighted by molar-refractivity contribution is 0.355. The molecule has 0 radical (unpaired) electrons. The molecule has 16 heavy (non-hydrogen) atoms. The molecule has 1 aliphatic rings. The van der Waals surface area contributed by atoms with Crippen molar-refractivity contribution in [3.8, 4) is 0 Å². The zero-order valence-electron chi connectivity index (χ0n) is 8.98. The van der Waals surface area contributed by atoms with E-state index in [1.54, 1.807) is 6.92 Å². The number of hydrogen-bond acceptors (Lipinski definition) is 3. The number of H-pyrrole nitrogens is 1. The number of aryl methyl sites for hydroxylation is 1. The smallest absolute Gasteiger partial charge is 0.260 e. The van der Waals surface area contributed by atoms with Gasteiger partial charge in [-0.1, -0.05) is 15.9 Å². The third-order valence-corrected chi connectivity index (χ3v) is 5.15. The van der Waals surface area contributed by atoms with Crippen molar-refractivity contribution in [2.24, 2.45) is 0 Å². The Balaban J connectivity index is 2.25. The number of aromatic nitrogens is 2. The first-order valence-electron chi connectivity index (χ1n) is 5.16. The molecule has 2 heterocycles. The Morgan fingerprint density at radius 1 is 1.62 bits per heavy atom. The zero-order valence-corrected chi connectivity index (χ0v) is 11.4. The third kappa shape index (κ3) is 2.31. The van der Waals surface area contributed by atoms with Crippen LogP contribution >= 0.6 is 15.9 Å². The van der Waals surface area contributed by atoms with Crippen LogP contribution in [0.4, 0.5) is 0 Å². The Morgan fingerprint density at radius 3 is 2.94 bits per heavy atom. The van der Waals surface area contributed by atoms with Crippen molar-refractivity contribution in [3.05, 3.63) is 12.0 Å². The second kappa shape index (κ2) is 4.46. The highest BCUT2D eigenvalue weighted by Crippen LogP contribution is 2.22. The van der Waals surface area contributed by atoms with E-state index in [2.05, 4.69) is 25.9 Å². The summed E-state index contributed by atoms with van der Waals surface area (Å²) >= 11 is 3.47. The van der Waals surface area contributed by atoms with E-state index in [-0.39, 0.29) is 9.85 Å². The molecule has 1 unspecified atom stereocenters. The number of hydrogen-bond donors (Lipinski definition) is 1. The third-order valence-electron chi connectivity index (χ3n) is 2.62. The van der Waals surface area contributed by atoms with E-state index in [9.17, 15) is 8.42 Å². The van der Waals surface area contributed by atoms with Gasteiger partial charge in [-0.2, -0.15) is 4.31 Å². The maximum atomic E-state index is 12.2. The number of nitrogens with one attached hydrogen (secondary N) is 1. The topological polar surface area (TPSA) is 66.1 Å². The van der Waals surface area contributed by atoms with E-state index in [1.807, 2.05) is 0 Å². The fraction of sp³-hybridized carbons (Fsp3) is 0.667. The SMILES string of the molecule is Cc1ncc(S(=O)(=O)N2CCCC(Br)C2)[nH]1. The molecule has 7 heteroatoms. The summed E-state index contributed by atoms with van der Waals surface area (Å²) in [7, 11) is -3.39. The number of rotatable bonds is 2. The van der Waals surface area contributed by atoms with Crippen molar-refractivity contribution in [3.63, 3.8) is 0 Å². The minimum absolute atomic E-state index is 0.187. The molecular formula is C9H14BrN3O2S. The molecule has 0 aromatic carbocycles. The van der Waals surface area contributed by atoms with Crippen LogP contribution in [0.3, 0.4) is 0 Å². The molecule has 2 rings (SSSR count). The Kier molecular flexibility index (Phi) is 3.37. The first-order valence-corrected chi connectivity index (χ1v) is 7.51. The van der Waals surface area contributed by atoms with Crippen molar-refractivity contribution < 1.29 is 8.42 Å². The van der Waals surface area contributed by atoms with Gasteiger partial charge in [0.05, 0.1) is 6.20 Å². The standard InChI is InChI=1S/C9H14BrN3O2S/c1-7-11-5-9(12-7)16(14,15)13-4-2-3-8(10)6-13/h5,8H,2-4,6H2,1H3,(H,11,12). The summed E-state index contributed by atoms with van der Waals surface area (Å²) in [6.45, 7) is 2.85. The Hall–Kier alpha value is -0.400. The van der Waals surface area contributed by atoms with Gasteiger partial charge in [0, 0.05) is 17.9 Å². The van der Waals surface area contributed by atoms with Crippen molar-refractivity contribution in [2.45, 2.75) is 29.6 Å². The average molecular weight is 308 g/mol. The van der Waals surface area contributed by atoms with Crippen molar-refractivity contribution in [2.75, 3.05) is 13.1 Å². The molecule has 0 spiro atoms. The van der Waals surface area contributed by atoms with Gasteiger partial charge in [0.1, 0.15) is 5.82 Å². The van der Waals surface area contributed by atoms with Gasteiger partial charge in [0.25, 0.3) is 10.0 Å². The van der Waals surface area contributed by atoms with Gasteiger partial charge in [-0.3, -0.25) is 0 Å². The van der Waals surface area contributed by atoms with Crippen molar-refractivity contribution in [1.82, 2.24) is 14.3 Å². The van der Waals surface area contributed by atoms with Crippen LogP contribution in [0.1, 0.15) is 18.7 Å². The number of piperidine rings is 1. The molecule has 1 aromatic rings. The van der Waals surface area contributed by atoms with Gasteiger partial charge < -0.3 is 4.98 Å². The van der Waals surface area contributed by atoms with Crippen LogP contribution in [0.25, 0.3) is 0 Å². The van der Waals surface area contributed by atoms with Crippen molar-refractivity contribution >= 4 is 26.0 Å². The Labute approximate surface area is 103 Å². The molecule has 90 valence electrons. The predicted molar refractivity (Wildman–Crippen MR) is 64.0 cm³/mol. The minimum atomic E-state index is -3.39. The molecule has 5 nitrogen and oxygen atoms in total. The number of imidazole rings is 1. The van der Waals surface area contributed by atoms with E-state index in [0.29, 0.717) is 18.9 Å². The number of aromatic amines is 1. The minimum Gasteiger partial charge on any atom is -0.332 e. The van der Waals surface area contributed by atoms with Gasteiger partial charge in [-0.15, -0.1) is 0 Å². The number of sulfonamides is 1. The highest BCUT2D eigenvalue weighted by atomic mass is 79.9. The highest BCUT2D eigenvalue weighted by Gasteiger charge is 2.30. The molecular weight excluding hydrogens is 294 g/mol. The van der Waals surface area contributed by atoms with Crippen LogP contribution in [-0.4, -0.2) is 40.6 Å². The molecule has 1 saturated heterocycles. The zero-order chi connectivity index (χ0) is 11.8. The van der Waals surface area contributed by atoms with Crippen LogP contribution in [0.5, 0.6) is 0 Å². The first-order chi connectivity index (χ1) is 7.50. The lowest BCUT2D eigenvalue weighted by atomic mass is 10.2. The lowest BCUT2D eigenvalue weighted by Crippen LogP contribution is -2.40. The van der Waals surface area contributed by atoms with Crippen LogP contribution in [-0.2, 0) is 10.0 Å². The van der Waals surface area contributed by atoms with Gasteiger partial charge in [-0.25, -0.2) is 13.4 Å². The van der Waals surface area contributed by atoms with Gasteiger partial charge in [-0.05, 0) is 19.8 Å². The quantitative estimate of drug-likeness (QED) is 0.837. The second-order valence-corrected chi connectivity index (χ2v) is 7.14. The van der Waals surface area contributed by atoms with Crippen LogP contribution < -0.4 is 0 Å².